The molecule has 1 aromatic carbocycles. The molecule has 0 radical (unpaired) electrons. The third kappa shape index (κ3) is 2.18. The van der Waals surface area contributed by atoms with Crippen LogP contribution in [0.5, 0.6) is 0 Å². The number of rotatable bonds is 2. The van der Waals surface area contributed by atoms with Gasteiger partial charge in [-0.3, -0.25) is 0 Å². The molecule has 0 saturated heterocycles. The molecule has 92 valence electrons. The fourth-order valence-electron chi connectivity index (χ4n) is 2.18. The summed E-state index contributed by atoms with van der Waals surface area (Å²) in [6, 6.07) is 13.6. The number of hydrogen-bond acceptors (Lipinski definition) is 2. The van der Waals surface area contributed by atoms with Crippen LogP contribution in [0.2, 0.25) is 5.02 Å². The second-order valence-electron chi connectivity index (χ2n) is 4.28. The van der Waals surface area contributed by atoms with Crippen molar-refractivity contribution in [3.63, 3.8) is 0 Å². The molecule has 0 N–H and O–H groups in total. The Kier molecular flexibility index (Phi) is 2.94. The summed E-state index contributed by atoms with van der Waals surface area (Å²) in [6.07, 6.45) is 3.66. The Hall–Kier alpha value is -2.31. The summed E-state index contributed by atoms with van der Waals surface area (Å²) in [5.74, 6) is 0. The van der Waals surface area contributed by atoms with Crippen molar-refractivity contribution in [2.24, 2.45) is 0 Å². The number of halogens is 1. The Morgan fingerprint density at radius 1 is 1.26 bits per heavy atom. The van der Waals surface area contributed by atoms with Crippen LogP contribution in [0.15, 0.2) is 48.8 Å². The van der Waals surface area contributed by atoms with Crippen LogP contribution in [0.25, 0.3) is 10.9 Å². The Morgan fingerprint density at radius 3 is 3.00 bits per heavy atom. The molecule has 19 heavy (non-hydrogen) atoms. The molecule has 0 aliphatic heterocycles. The molecule has 0 aliphatic carbocycles. The molecular formula is C15H10ClN3. The molecule has 0 bridgehead atoms. The van der Waals surface area contributed by atoms with E-state index >= 15 is 0 Å². The molecule has 0 amide bonds. The minimum atomic E-state index is 0.431. The van der Waals surface area contributed by atoms with E-state index in [2.05, 4.69) is 9.55 Å². The molecule has 3 rings (SSSR count). The van der Waals surface area contributed by atoms with Gasteiger partial charge in [0.15, 0.2) is 0 Å². The van der Waals surface area contributed by atoms with Crippen LogP contribution in [0.4, 0.5) is 0 Å². The first-order valence-electron chi connectivity index (χ1n) is 5.86. The largest absolute Gasteiger partial charge is 0.342 e. The molecule has 0 aliphatic rings. The molecule has 0 fully saturated rings. The van der Waals surface area contributed by atoms with Gasteiger partial charge in [0.2, 0.25) is 0 Å². The zero-order valence-corrected chi connectivity index (χ0v) is 10.8. The Bertz CT molecular complexity index is 783. The van der Waals surface area contributed by atoms with Gasteiger partial charge in [-0.2, -0.15) is 5.26 Å². The first-order valence-corrected chi connectivity index (χ1v) is 6.24. The smallest absolute Gasteiger partial charge is 0.140 e. The average molecular weight is 268 g/mol. The van der Waals surface area contributed by atoms with Crippen LogP contribution in [0, 0.1) is 11.3 Å². The van der Waals surface area contributed by atoms with E-state index in [0.717, 1.165) is 21.5 Å². The predicted octanol–water partition coefficient (Wildman–Crippen LogP) is 3.61. The zero-order chi connectivity index (χ0) is 13.2. The number of benzene rings is 1. The molecule has 0 unspecified atom stereocenters. The number of hydrogen-bond donors (Lipinski definition) is 0. The lowest BCUT2D eigenvalue weighted by Gasteiger charge is -2.07. The van der Waals surface area contributed by atoms with E-state index < -0.39 is 0 Å². The van der Waals surface area contributed by atoms with Crippen LogP contribution in [0.3, 0.4) is 0 Å². The van der Waals surface area contributed by atoms with Crippen molar-refractivity contribution >= 4 is 22.5 Å². The molecule has 2 heterocycles. The maximum Gasteiger partial charge on any atom is 0.140 e. The van der Waals surface area contributed by atoms with Gasteiger partial charge in [-0.15, -0.1) is 0 Å². The van der Waals surface area contributed by atoms with Gasteiger partial charge in [0, 0.05) is 24.3 Å². The maximum absolute atomic E-state index is 8.86. The minimum absolute atomic E-state index is 0.431. The van der Waals surface area contributed by atoms with E-state index in [0.29, 0.717) is 12.2 Å². The molecule has 3 aromatic rings. The van der Waals surface area contributed by atoms with Crippen molar-refractivity contribution in [1.82, 2.24) is 9.55 Å². The number of para-hydroxylation sites is 1. The van der Waals surface area contributed by atoms with Gasteiger partial charge in [0.25, 0.3) is 0 Å². The van der Waals surface area contributed by atoms with Gasteiger partial charge in [0.1, 0.15) is 11.8 Å². The van der Waals surface area contributed by atoms with Crippen LogP contribution in [-0.4, -0.2) is 9.55 Å². The van der Waals surface area contributed by atoms with Crippen LogP contribution in [-0.2, 0) is 6.54 Å². The predicted molar refractivity (Wildman–Crippen MR) is 75.0 cm³/mol. The number of aromatic nitrogens is 2. The van der Waals surface area contributed by atoms with Crippen LogP contribution in [0.1, 0.15) is 11.3 Å². The number of nitriles is 1. The third-order valence-corrected chi connectivity index (χ3v) is 3.34. The standard InChI is InChI=1S/C15H10ClN3/c16-14-3-1-2-12-5-7-19(15(12)14)10-11-4-6-18-13(8-11)9-17/h1-8H,10H2. The van der Waals surface area contributed by atoms with E-state index in [-0.39, 0.29) is 0 Å². The third-order valence-electron chi connectivity index (χ3n) is 3.03. The monoisotopic (exact) mass is 267 g/mol. The SMILES string of the molecule is N#Cc1cc(Cn2ccc3cccc(Cl)c32)ccn1. The van der Waals surface area contributed by atoms with Crippen LogP contribution < -0.4 is 0 Å². The summed E-state index contributed by atoms with van der Waals surface area (Å²) in [4.78, 5) is 3.97. The summed E-state index contributed by atoms with van der Waals surface area (Å²) in [7, 11) is 0. The topological polar surface area (TPSA) is 41.6 Å². The quantitative estimate of drug-likeness (QED) is 0.712. The Labute approximate surface area is 115 Å². The molecule has 0 spiro atoms. The van der Waals surface area contributed by atoms with Gasteiger partial charge >= 0.3 is 0 Å². The first kappa shape index (κ1) is 11.8. The molecule has 0 atom stereocenters. The number of pyridine rings is 1. The number of nitrogens with zero attached hydrogens (tertiary/aromatic N) is 3. The van der Waals surface area contributed by atoms with Crippen molar-refractivity contribution in [2.45, 2.75) is 6.54 Å². The summed E-state index contributed by atoms with van der Waals surface area (Å²) >= 11 is 6.24. The highest BCUT2D eigenvalue weighted by Gasteiger charge is 2.06. The Morgan fingerprint density at radius 2 is 2.16 bits per heavy atom. The van der Waals surface area contributed by atoms with Crippen molar-refractivity contribution < 1.29 is 0 Å². The van der Waals surface area contributed by atoms with Gasteiger partial charge in [-0.25, -0.2) is 4.98 Å². The second-order valence-corrected chi connectivity index (χ2v) is 4.69. The fraction of sp³-hybridized carbons (Fsp3) is 0.0667. The summed E-state index contributed by atoms with van der Waals surface area (Å²) in [6.45, 7) is 0.671. The van der Waals surface area contributed by atoms with E-state index in [9.17, 15) is 0 Å². The van der Waals surface area contributed by atoms with Crippen molar-refractivity contribution in [3.8, 4) is 6.07 Å². The van der Waals surface area contributed by atoms with E-state index in [1.807, 2.05) is 42.6 Å². The van der Waals surface area contributed by atoms with Crippen molar-refractivity contribution in [3.05, 3.63) is 65.1 Å². The highest BCUT2D eigenvalue weighted by molar-refractivity contribution is 6.35. The zero-order valence-electron chi connectivity index (χ0n) is 10.0. The summed E-state index contributed by atoms with van der Waals surface area (Å²) < 4.78 is 2.08. The van der Waals surface area contributed by atoms with E-state index in [1.165, 1.54) is 0 Å². The van der Waals surface area contributed by atoms with E-state index in [1.54, 1.807) is 12.3 Å². The van der Waals surface area contributed by atoms with Crippen molar-refractivity contribution in [2.75, 3.05) is 0 Å². The van der Waals surface area contributed by atoms with Gasteiger partial charge in [-0.05, 0) is 29.8 Å². The summed E-state index contributed by atoms with van der Waals surface area (Å²) in [5, 5.41) is 10.7. The molecule has 3 nitrogen and oxygen atoms in total. The highest BCUT2D eigenvalue weighted by Crippen LogP contribution is 2.25. The Balaban J connectivity index is 2.04. The lowest BCUT2D eigenvalue weighted by Crippen LogP contribution is -1.99. The van der Waals surface area contributed by atoms with Gasteiger partial charge in [0.05, 0.1) is 10.5 Å². The second kappa shape index (κ2) is 4.75. The molecule has 2 aromatic heterocycles. The number of fused-ring (bicyclic) bond motifs is 1. The highest BCUT2D eigenvalue weighted by atomic mass is 35.5. The average Bonchev–Trinajstić information content (AvgIpc) is 2.84. The maximum atomic E-state index is 8.86. The first-order chi connectivity index (χ1) is 9.28. The minimum Gasteiger partial charge on any atom is -0.342 e. The summed E-state index contributed by atoms with van der Waals surface area (Å²) in [5.41, 5.74) is 2.48. The van der Waals surface area contributed by atoms with Crippen LogP contribution >= 0.6 is 11.6 Å². The molecular weight excluding hydrogens is 258 g/mol. The lowest BCUT2D eigenvalue weighted by atomic mass is 10.2. The van der Waals surface area contributed by atoms with E-state index in [4.69, 9.17) is 16.9 Å². The van der Waals surface area contributed by atoms with Crippen molar-refractivity contribution in [1.29, 1.82) is 5.26 Å². The lowest BCUT2D eigenvalue weighted by molar-refractivity contribution is 0.834. The van der Waals surface area contributed by atoms with Gasteiger partial charge in [-0.1, -0.05) is 23.7 Å². The molecule has 0 saturated carbocycles. The normalized spacial score (nSPS) is 10.5. The van der Waals surface area contributed by atoms with Gasteiger partial charge < -0.3 is 4.57 Å². The fourth-order valence-corrected chi connectivity index (χ4v) is 2.47. The molecule has 4 heteroatoms.